The smallest absolute Gasteiger partial charge is 0.191 e. The molecular weight excluding hydrogens is 519 g/mol. The molecule has 0 aromatic heterocycles. The monoisotopic (exact) mass is 554 g/mol. The lowest BCUT2D eigenvalue weighted by molar-refractivity contribution is 0.239. The minimum absolute atomic E-state index is 0. The van der Waals surface area contributed by atoms with Crippen LogP contribution in [-0.4, -0.2) is 63.4 Å². The zero-order valence-electron chi connectivity index (χ0n) is 19.1. The summed E-state index contributed by atoms with van der Waals surface area (Å²) in [7, 11) is 5.09. The van der Waals surface area contributed by atoms with Crippen LogP contribution in [0.5, 0.6) is 17.2 Å². The number of nitrogens with one attached hydrogen (secondary N) is 2. The maximum Gasteiger partial charge on any atom is 0.191 e. The van der Waals surface area contributed by atoms with Gasteiger partial charge in [-0.05, 0) is 50.0 Å². The van der Waals surface area contributed by atoms with Crippen molar-refractivity contribution in [2.75, 3.05) is 47.4 Å². The average molecular weight is 554 g/mol. The van der Waals surface area contributed by atoms with Crippen molar-refractivity contribution in [1.82, 2.24) is 15.5 Å². The number of hydrogen-bond acceptors (Lipinski definition) is 5. The van der Waals surface area contributed by atoms with Gasteiger partial charge in [0.15, 0.2) is 5.96 Å². The molecule has 0 spiro atoms. The van der Waals surface area contributed by atoms with E-state index in [9.17, 15) is 5.11 Å². The van der Waals surface area contributed by atoms with Crippen LogP contribution >= 0.6 is 24.0 Å². The molecule has 1 atom stereocenters. The second-order valence-corrected chi connectivity index (χ2v) is 7.63. The van der Waals surface area contributed by atoms with E-state index in [1.54, 1.807) is 27.3 Å². The van der Waals surface area contributed by atoms with Crippen molar-refractivity contribution < 1.29 is 14.6 Å². The van der Waals surface area contributed by atoms with Crippen molar-refractivity contribution >= 4 is 29.9 Å². The van der Waals surface area contributed by atoms with Crippen LogP contribution in [0.2, 0.25) is 0 Å². The molecule has 0 aliphatic carbocycles. The van der Waals surface area contributed by atoms with Gasteiger partial charge in [0, 0.05) is 31.8 Å². The highest BCUT2D eigenvalue weighted by Crippen LogP contribution is 2.31. The summed E-state index contributed by atoms with van der Waals surface area (Å²) in [4.78, 5) is 6.87. The first-order valence-electron chi connectivity index (χ1n) is 10.8. The van der Waals surface area contributed by atoms with Crippen LogP contribution in [-0.2, 0) is 6.42 Å². The summed E-state index contributed by atoms with van der Waals surface area (Å²) in [6.45, 7) is 3.57. The van der Waals surface area contributed by atoms with Crippen LogP contribution in [0.25, 0.3) is 0 Å². The van der Waals surface area contributed by atoms with Gasteiger partial charge in [0.25, 0.3) is 0 Å². The zero-order valence-corrected chi connectivity index (χ0v) is 21.5. The van der Waals surface area contributed by atoms with Gasteiger partial charge in [-0.1, -0.05) is 24.3 Å². The molecule has 1 saturated heterocycles. The predicted octanol–water partition coefficient (Wildman–Crippen LogP) is 3.57. The predicted molar refractivity (Wildman–Crippen MR) is 140 cm³/mol. The van der Waals surface area contributed by atoms with E-state index in [2.05, 4.69) is 32.7 Å². The van der Waals surface area contributed by atoms with Crippen LogP contribution < -0.4 is 20.1 Å². The molecule has 32 heavy (non-hydrogen) atoms. The Morgan fingerprint density at radius 3 is 2.50 bits per heavy atom. The first kappa shape index (κ1) is 26.1. The molecule has 2 aromatic rings. The summed E-state index contributed by atoms with van der Waals surface area (Å²) in [5.74, 6) is 2.55. The molecule has 3 rings (SSSR count). The second-order valence-electron chi connectivity index (χ2n) is 7.63. The Hall–Kier alpha value is -2.20. The number of halogens is 1. The molecule has 7 nitrogen and oxygen atoms in total. The van der Waals surface area contributed by atoms with Crippen LogP contribution in [0.15, 0.2) is 47.5 Å². The number of rotatable bonds is 9. The van der Waals surface area contributed by atoms with E-state index in [0.29, 0.717) is 18.7 Å². The molecule has 1 aliphatic heterocycles. The topological polar surface area (TPSA) is 78.4 Å². The highest BCUT2D eigenvalue weighted by Gasteiger charge is 2.26. The normalized spacial score (nSPS) is 15.0. The van der Waals surface area contributed by atoms with Crippen LogP contribution in [0.1, 0.15) is 30.0 Å². The van der Waals surface area contributed by atoms with Gasteiger partial charge in [-0.15, -0.1) is 24.0 Å². The van der Waals surface area contributed by atoms with Gasteiger partial charge < -0.3 is 25.2 Å². The van der Waals surface area contributed by atoms with E-state index in [0.717, 1.165) is 36.9 Å². The molecule has 0 bridgehead atoms. The minimum atomic E-state index is 0. The van der Waals surface area contributed by atoms with E-state index < -0.39 is 0 Å². The first-order valence-corrected chi connectivity index (χ1v) is 10.8. The Kier molecular flexibility index (Phi) is 10.9. The fourth-order valence-corrected chi connectivity index (χ4v) is 4.04. The lowest BCUT2D eigenvalue weighted by Crippen LogP contribution is -2.43. The molecule has 8 heteroatoms. The molecule has 176 valence electrons. The van der Waals surface area contributed by atoms with Crippen molar-refractivity contribution in [3.05, 3.63) is 53.6 Å². The molecule has 1 heterocycles. The van der Waals surface area contributed by atoms with Gasteiger partial charge in [0.05, 0.1) is 20.3 Å². The number of phenols is 1. The van der Waals surface area contributed by atoms with Crippen molar-refractivity contribution in [3.8, 4) is 17.2 Å². The number of nitrogens with zero attached hydrogens (tertiary/aromatic N) is 2. The van der Waals surface area contributed by atoms with Gasteiger partial charge in [-0.25, -0.2) is 0 Å². The molecule has 1 aliphatic rings. The molecule has 2 aromatic carbocycles. The summed E-state index contributed by atoms with van der Waals surface area (Å²) < 4.78 is 10.8. The number of benzene rings is 2. The highest BCUT2D eigenvalue weighted by atomic mass is 127. The quantitative estimate of drug-likeness (QED) is 0.250. The van der Waals surface area contributed by atoms with E-state index in [1.807, 2.05) is 24.3 Å². The van der Waals surface area contributed by atoms with Crippen molar-refractivity contribution in [1.29, 1.82) is 0 Å². The number of para-hydroxylation sites is 1. The average Bonchev–Trinajstić information content (AvgIpc) is 3.33. The van der Waals surface area contributed by atoms with Gasteiger partial charge in [-0.2, -0.15) is 0 Å². The summed E-state index contributed by atoms with van der Waals surface area (Å²) in [6, 6.07) is 13.8. The number of likely N-dealkylation sites (tertiary alicyclic amines) is 1. The summed E-state index contributed by atoms with van der Waals surface area (Å²) in [5.41, 5.74) is 2.06. The third kappa shape index (κ3) is 6.90. The molecule has 1 fully saturated rings. The molecule has 0 saturated carbocycles. The summed E-state index contributed by atoms with van der Waals surface area (Å²) >= 11 is 0. The lowest BCUT2D eigenvalue weighted by Gasteiger charge is -2.30. The van der Waals surface area contributed by atoms with Gasteiger partial charge in [-0.3, -0.25) is 9.89 Å². The fourth-order valence-electron chi connectivity index (χ4n) is 4.04. The number of aliphatic imine (C=N–C) groups is 1. The maximum atomic E-state index is 10.1. The standard InChI is InChI=1S/C24H34N4O3.HI/c1-25-24(26-13-12-18-10-11-19(30-2)16-22(18)29)27-17-21(28-14-6-7-15-28)20-8-4-5-9-23(20)31-3;/h4-5,8-11,16,21,29H,6-7,12-15,17H2,1-3H3,(H2,25,26,27);1H. The SMILES string of the molecule is CN=C(NCCc1ccc(OC)cc1O)NCC(c1ccccc1OC)N1CCCC1.I. The van der Waals surface area contributed by atoms with Crippen molar-refractivity contribution in [3.63, 3.8) is 0 Å². The van der Waals surface area contributed by atoms with Gasteiger partial charge in [0.2, 0.25) is 0 Å². The van der Waals surface area contributed by atoms with E-state index >= 15 is 0 Å². The zero-order chi connectivity index (χ0) is 22.1. The minimum Gasteiger partial charge on any atom is -0.508 e. The van der Waals surface area contributed by atoms with E-state index in [1.165, 1.54) is 18.4 Å². The maximum absolute atomic E-state index is 10.1. The largest absolute Gasteiger partial charge is 0.508 e. The Balaban J connectivity index is 0.00000363. The van der Waals surface area contributed by atoms with E-state index in [-0.39, 0.29) is 35.8 Å². The number of guanidine groups is 1. The van der Waals surface area contributed by atoms with Crippen LogP contribution in [0.3, 0.4) is 0 Å². The number of methoxy groups -OCH3 is 2. The summed E-state index contributed by atoms with van der Waals surface area (Å²) in [5, 5.41) is 17.0. The molecule has 0 radical (unpaired) electrons. The number of hydrogen-bond donors (Lipinski definition) is 3. The number of phenolic OH excluding ortho intramolecular Hbond substituents is 1. The van der Waals surface area contributed by atoms with E-state index in [4.69, 9.17) is 9.47 Å². The first-order chi connectivity index (χ1) is 15.2. The summed E-state index contributed by atoms with van der Waals surface area (Å²) in [6.07, 6.45) is 3.13. The lowest BCUT2D eigenvalue weighted by atomic mass is 10.0. The molecular formula is C24H35IN4O3. The molecule has 1 unspecified atom stereocenters. The number of ether oxygens (including phenoxy) is 2. The third-order valence-electron chi connectivity index (χ3n) is 5.75. The van der Waals surface area contributed by atoms with Gasteiger partial charge >= 0.3 is 0 Å². The Morgan fingerprint density at radius 2 is 1.84 bits per heavy atom. The highest BCUT2D eigenvalue weighted by molar-refractivity contribution is 14.0. The van der Waals surface area contributed by atoms with Crippen LogP contribution in [0.4, 0.5) is 0 Å². The fraction of sp³-hybridized carbons (Fsp3) is 0.458. The Morgan fingerprint density at radius 1 is 1.09 bits per heavy atom. The third-order valence-corrected chi connectivity index (χ3v) is 5.75. The molecule has 0 amide bonds. The van der Waals surface area contributed by atoms with Crippen molar-refractivity contribution in [2.45, 2.75) is 25.3 Å². The van der Waals surface area contributed by atoms with Crippen molar-refractivity contribution in [2.24, 2.45) is 4.99 Å². The van der Waals surface area contributed by atoms with Crippen LogP contribution in [0, 0.1) is 0 Å². The number of aromatic hydroxyl groups is 1. The Bertz CT molecular complexity index is 872. The van der Waals surface area contributed by atoms with Gasteiger partial charge in [0.1, 0.15) is 17.2 Å². The second kappa shape index (κ2) is 13.4. The molecule has 3 N–H and O–H groups in total. The Labute approximate surface area is 208 Å².